The van der Waals surface area contributed by atoms with Gasteiger partial charge in [-0.05, 0) is 18.2 Å². The fourth-order valence-corrected chi connectivity index (χ4v) is 1.81. The molecule has 2 aromatic carbocycles. The van der Waals surface area contributed by atoms with E-state index in [1.807, 2.05) is 6.07 Å². The lowest BCUT2D eigenvalue weighted by molar-refractivity contribution is -0.394. The van der Waals surface area contributed by atoms with E-state index in [4.69, 9.17) is 5.26 Å². The monoisotopic (exact) mass is 312 g/mol. The molecule has 9 heteroatoms. The van der Waals surface area contributed by atoms with Gasteiger partial charge in [-0.1, -0.05) is 6.07 Å². The minimum Gasteiger partial charge on any atom is -0.322 e. The molecule has 0 atom stereocenters. The van der Waals surface area contributed by atoms with Crippen LogP contribution in [-0.4, -0.2) is 15.8 Å². The Morgan fingerprint density at radius 3 is 2.17 bits per heavy atom. The van der Waals surface area contributed by atoms with Crippen LogP contribution in [0.2, 0.25) is 0 Å². The van der Waals surface area contributed by atoms with Gasteiger partial charge in [-0.2, -0.15) is 5.26 Å². The number of non-ortho nitro benzene ring substituents is 2. The normalized spacial score (nSPS) is 9.70. The number of carbonyl (C=O) groups is 1. The van der Waals surface area contributed by atoms with Crippen LogP contribution in [0.3, 0.4) is 0 Å². The van der Waals surface area contributed by atoms with E-state index in [-0.39, 0.29) is 5.56 Å². The van der Waals surface area contributed by atoms with Crippen LogP contribution in [0.25, 0.3) is 0 Å². The fraction of sp³-hybridized carbons (Fsp3) is 0. The van der Waals surface area contributed by atoms with Crippen LogP contribution in [0.5, 0.6) is 0 Å². The van der Waals surface area contributed by atoms with E-state index in [2.05, 4.69) is 5.32 Å². The maximum atomic E-state index is 12.1. The molecule has 1 N–H and O–H groups in total. The van der Waals surface area contributed by atoms with Crippen molar-refractivity contribution in [1.29, 1.82) is 5.26 Å². The predicted octanol–water partition coefficient (Wildman–Crippen LogP) is 2.63. The first-order valence-electron chi connectivity index (χ1n) is 6.16. The van der Waals surface area contributed by atoms with E-state index in [0.717, 1.165) is 18.2 Å². The van der Waals surface area contributed by atoms with Gasteiger partial charge in [0.25, 0.3) is 17.3 Å². The molecule has 0 aliphatic rings. The van der Waals surface area contributed by atoms with Gasteiger partial charge in [0.15, 0.2) is 0 Å². The number of amides is 1. The Morgan fingerprint density at radius 1 is 1.04 bits per heavy atom. The van der Waals surface area contributed by atoms with Crippen molar-refractivity contribution >= 4 is 23.0 Å². The minimum atomic E-state index is -0.819. The summed E-state index contributed by atoms with van der Waals surface area (Å²) in [4.78, 5) is 32.1. The summed E-state index contributed by atoms with van der Waals surface area (Å²) in [6, 6.07) is 10.6. The van der Waals surface area contributed by atoms with Crippen molar-refractivity contribution in [3.05, 3.63) is 73.8 Å². The standard InChI is InChI=1S/C14H8N4O5/c15-8-9-2-1-3-11(4-9)16-14(19)10-5-12(17(20)21)7-13(6-10)18(22)23/h1-7H,(H,16,19). The van der Waals surface area contributed by atoms with Crippen molar-refractivity contribution in [2.45, 2.75) is 0 Å². The lowest BCUT2D eigenvalue weighted by Crippen LogP contribution is -2.12. The Balaban J connectivity index is 2.36. The van der Waals surface area contributed by atoms with Gasteiger partial charge in [0.2, 0.25) is 0 Å². The van der Waals surface area contributed by atoms with Crippen molar-refractivity contribution in [2.75, 3.05) is 5.32 Å². The minimum absolute atomic E-state index is 0.228. The molecule has 0 saturated carbocycles. The van der Waals surface area contributed by atoms with Gasteiger partial charge in [0, 0.05) is 17.8 Å². The molecule has 114 valence electrons. The van der Waals surface area contributed by atoms with Gasteiger partial charge in [0.1, 0.15) is 0 Å². The summed E-state index contributed by atoms with van der Waals surface area (Å²) in [6.07, 6.45) is 0. The molecule has 0 spiro atoms. The molecule has 0 fully saturated rings. The molecular weight excluding hydrogens is 304 g/mol. The van der Waals surface area contributed by atoms with Crippen LogP contribution >= 0.6 is 0 Å². The summed E-state index contributed by atoms with van der Waals surface area (Å²) in [5.41, 5.74) is -0.741. The summed E-state index contributed by atoms with van der Waals surface area (Å²) < 4.78 is 0. The van der Waals surface area contributed by atoms with Gasteiger partial charge < -0.3 is 5.32 Å². The van der Waals surface area contributed by atoms with Crippen molar-refractivity contribution in [2.24, 2.45) is 0 Å². The van der Waals surface area contributed by atoms with Gasteiger partial charge in [0.05, 0.1) is 33.1 Å². The number of nitrogens with one attached hydrogen (secondary N) is 1. The highest BCUT2D eigenvalue weighted by atomic mass is 16.6. The predicted molar refractivity (Wildman–Crippen MR) is 78.9 cm³/mol. The Hall–Kier alpha value is -3.80. The molecule has 0 aromatic heterocycles. The maximum Gasteiger partial charge on any atom is 0.277 e. The number of carbonyl (C=O) groups excluding carboxylic acids is 1. The van der Waals surface area contributed by atoms with E-state index in [1.54, 1.807) is 6.07 Å². The molecule has 2 rings (SSSR count). The topological polar surface area (TPSA) is 139 Å². The molecule has 23 heavy (non-hydrogen) atoms. The number of nitro groups is 2. The van der Waals surface area contributed by atoms with Crippen molar-refractivity contribution in [1.82, 2.24) is 0 Å². The van der Waals surface area contributed by atoms with E-state index in [9.17, 15) is 25.0 Å². The van der Waals surface area contributed by atoms with Gasteiger partial charge in [-0.15, -0.1) is 0 Å². The van der Waals surface area contributed by atoms with E-state index in [1.165, 1.54) is 18.2 Å². The smallest absolute Gasteiger partial charge is 0.277 e. The second-order valence-electron chi connectivity index (χ2n) is 4.40. The Labute approximate surface area is 129 Å². The zero-order chi connectivity index (χ0) is 17.0. The third-order valence-electron chi connectivity index (χ3n) is 2.84. The summed E-state index contributed by atoms with van der Waals surface area (Å²) in [6.45, 7) is 0. The van der Waals surface area contributed by atoms with Crippen LogP contribution in [-0.2, 0) is 0 Å². The number of hydrogen-bond donors (Lipinski definition) is 1. The second-order valence-corrected chi connectivity index (χ2v) is 4.40. The number of rotatable bonds is 4. The summed E-state index contributed by atoms with van der Waals surface area (Å²) in [5.74, 6) is -0.758. The second kappa shape index (κ2) is 6.31. The molecule has 0 aliphatic carbocycles. The van der Waals surface area contributed by atoms with Crippen LogP contribution in [0.15, 0.2) is 42.5 Å². The average molecular weight is 312 g/mol. The molecule has 0 radical (unpaired) electrons. The van der Waals surface area contributed by atoms with Crippen molar-refractivity contribution in [3.63, 3.8) is 0 Å². The SMILES string of the molecule is N#Cc1cccc(NC(=O)c2cc([N+](=O)[O-])cc([N+](=O)[O-])c2)c1. The van der Waals surface area contributed by atoms with Crippen LogP contribution < -0.4 is 5.32 Å². The number of nitrogens with zero attached hydrogens (tertiary/aromatic N) is 3. The first-order valence-corrected chi connectivity index (χ1v) is 6.16. The number of nitro benzene ring substituents is 2. The summed E-state index contributed by atoms with van der Waals surface area (Å²) in [5, 5.41) is 32.8. The first kappa shape index (κ1) is 15.6. The third-order valence-corrected chi connectivity index (χ3v) is 2.84. The van der Waals surface area contributed by atoms with Gasteiger partial charge in [-0.25, -0.2) is 0 Å². The Kier molecular flexibility index (Phi) is 4.28. The Morgan fingerprint density at radius 2 is 1.65 bits per heavy atom. The number of anilines is 1. The van der Waals surface area contributed by atoms with Gasteiger partial charge >= 0.3 is 0 Å². The van der Waals surface area contributed by atoms with Crippen LogP contribution in [0, 0.1) is 31.6 Å². The molecule has 0 aliphatic heterocycles. The average Bonchev–Trinajstić information content (AvgIpc) is 2.54. The molecule has 0 saturated heterocycles. The molecule has 1 amide bonds. The highest BCUT2D eigenvalue weighted by Gasteiger charge is 2.20. The number of benzene rings is 2. The van der Waals surface area contributed by atoms with E-state index < -0.39 is 27.1 Å². The maximum absolute atomic E-state index is 12.1. The Bertz CT molecular complexity index is 824. The highest BCUT2D eigenvalue weighted by Crippen LogP contribution is 2.23. The molecule has 0 bridgehead atoms. The number of nitriles is 1. The molecule has 2 aromatic rings. The van der Waals surface area contributed by atoms with E-state index >= 15 is 0 Å². The summed E-state index contributed by atoms with van der Waals surface area (Å²) in [7, 11) is 0. The van der Waals surface area contributed by atoms with E-state index in [0.29, 0.717) is 11.3 Å². The third kappa shape index (κ3) is 3.64. The fourth-order valence-electron chi connectivity index (χ4n) is 1.81. The van der Waals surface area contributed by atoms with Crippen molar-refractivity contribution < 1.29 is 14.6 Å². The molecular formula is C14H8N4O5. The molecule has 9 nitrogen and oxygen atoms in total. The summed E-state index contributed by atoms with van der Waals surface area (Å²) >= 11 is 0. The molecule has 0 heterocycles. The zero-order valence-corrected chi connectivity index (χ0v) is 11.4. The highest BCUT2D eigenvalue weighted by molar-refractivity contribution is 6.05. The zero-order valence-electron chi connectivity index (χ0n) is 11.4. The number of hydrogen-bond acceptors (Lipinski definition) is 6. The van der Waals surface area contributed by atoms with Crippen molar-refractivity contribution in [3.8, 4) is 6.07 Å². The first-order chi connectivity index (χ1) is 10.9. The molecule has 0 unspecified atom stereocenters. The largest absolute Gasteiger partial charge is 0.322 e. The van der Waals surface area contributed by atoms with Gasteiger partial charge in [-0.3, -0.25) is 25.0 Å². The quantitative estimate of drug-likeness (QED) is 0.679. The lowest BCUT2D eigenvalue weighted by atomic mass is 10.1. The van der Waals surface area contributed by atoms with Crippen LogP contribution in [0.1, 0.15) is 15.9 Å². The lowest BCUT2D eigenvalue weighted by Gasteiger charge is -2.05. The van der Waals surface area contributed by atoms with Crippen LogP contribution in [0.4, 0.5) is 17.1 Å².